The molecule has 1 rings (SSSR count). The van der Waals surface area contributed by atoms with Crippen LogP contribution in [0, 0.1) is 35.5 Å². The Morgan fingerprint density at radius 2 is 0.803 bits per heavy atom. The molecule has 0 saturated carbocycles. The van der Waals surface area contributed by atoms with Gasteiger partial charge >= 0.3 is 23.9 Å². The summed E-state index contributed by atoms with van der Waals surface area (Å²) in [6.45, 7) is 28.7. The number of rotatable bonds is 26. The van der Waals surface area contributed by atoms with Gasteiger partial charge in [0.05, 0.1) is 6.61 Å². The average molecular weight is 933 g/mol. The molecule has 0 aliphatic rings. The molecule has 10 unspecified atom stereocenters. The van der Waals surface area contributed by atoms with Gasteiger partial charge < -0.3 is 45.0 Å². The van der Waals surface area contributed by atoms with Crippen LogP contribution in [0.2, 0.25) is 0 Å². The second kappa shape index (κ2) is 27.5. The van der Waals surface area contributed by atoms with Crippen molar-refractivity contribution in [2.24, 2.45) is 35.5 Å². The molecule has 1 aromatic carbocycles. The van der Waals surface area contributed by atoms with E-state index in [0.29, 0.717) is 12.8 Å². The van der Waals surface area contributed by atoms with Crippen LogP contribution in [-0.2, 0) is 68.6 Å². The minimum Gasteiger partial charge on any atom is -0.458 e. The summed E-state index contributed by atoms with van der Waals surface area (Å²) in [5.41, 5.74) is 0.0639. The maximum Gasteiger partial charge on any atom is 0.329 e. The molecule has 374 valence electrons. The fourth-order valence-electron chi connectivity index (χ4n) is 6.22. The first-order valence-electron chi connectivity index (χ1n) is 23.3. The van der Waals surface area contributed by atoms with E-state index in [2.05, 4.69) is 21.3 Å². The molecule has 0 radical (unpaired) electrons. The molecule has 0 bridgehead atoms. The van der Waals surface area contributed by atoms with E-state index in [1.54, 1.807) is 104 Å². The first kappa shape index (κ1) is 59.0. The molecule has 10 atom stereocenters. The number of ether oxygens (including phenoxy) is 5. The van der Waals surface area contributed by atoms with Crippen molar-refractivity contribution >= 4 is 47.5 Å². The maximum atomic E-state index is 13.9. The van der Waals surface area contributed by atoms with Gasteiger partial charge in [0.25, 0.3) is 17.7 Å². The molecular weight excluding hydrogens is 853 g/mol. The quantitative estimate of drug-likeness (QED) is 0.0680. The predicted molar refractivity (Wildman–Crippen MR) is 248 cm³/mol. The average Bonchev–Trinajstić information content (AvgIpc) is 3.23. The zero-order valence-electron chi connectivity index (χ0n) is 42.4. The summed E-state index contributed by atoms with van der Waals surface area (Å²) in [7, 11) is 0. The van der Waals surface area contributed by atoms with Crippen molar-refractivity contribution in [3.63, 3.8) is 0 Å². The summed E-state index contributed by atoms with van der Waals surface area (Å²) >= 11 is 0. The molecule has 0 aromatic heterocycles. The van der Waals surface area contributed by atoms with Gasteiger partial charge in [0, 0.05) is 11.8 Å². The third-order valence-electron chi connectivity index (χ3n) is 11.0. The van der Waals surface area contributed by atoms with Crippen LogP contribution in [0.1, 0.15) is 136 Å². The van der Waals surface area contributed by atoms with E-state index in [1.807, 2.05) is 37.3 Å². The minimum absolute atomic E-state index is 0.179. The number of amides is 4. The van der Waals surface area contributed by atoms with Gasteiger partial charge in [-0.3, -0.25) is 19.2 Å². The zero-order chi connectivity index (χ0) is 50.8. The largest absolute Gasteiger partial charge is 0.458 e. The van der Waals surface area contributed by atoms with E-state index in [4.69, 9.17) is 23.7 Å². The Hall–Kier alpha value is -5.06. The Kier molecular flexibility index (Phi) is 24.6. The molecular formula is C49H80N4O13. The molecule has 66 heavy (non-hydrogen) atoms. The van der Waals surface area contributed by atoms with Crippen molar-refractivity contribution in [2.75, 3.05) is 0 Å². The highest BCUT2D eigenvalue weighted by atomic mass is 16.6. The van der Waals surface area contributed by atoms with E-state index >= 15 is 0 Å². The van der Waals surface area contributed by atoms with Crippen molar-refractivity contribution in [2.45, 2.75) is 191 Å². The van der Waals surface area contributed by atoms with Crippen LogP contribution >= 0.6 is 0 Å². The molecule has 0 spiro atoms. The van der Waals surface area contributed by atoms with E-state index < -0.39 is 131 Å². The molecule has 1 aromatic rings. The van der Waals surface area contributed by atoms with Crippen molar-refractivity contribution in [3.8, 4) is 0 Å². The summed E-state index contributed by atoms with van der Waals surface area (Å²) in [4.78, 5) is 108. The Morgan fingerprint density at radius 1 is 0.470 bits per heavy atom. The Balaban J connectivity index is 3.13. The lowest BCUT2D eigenvalue weighted by atomic mass is 9.98. The van der Waals surface area contributed by atoms with Gasteiger partial charge in [-0.05, 0) is 76.7 Å². The predicted octanol–water partition coefficient (Wildman–Crippen LogP) is 5.34. The SMILES string of the molecule is CCC(C)C(OC(=O)C(NC(=O)C(C)OCc1ccccc1)C(C)C)C(=O)NC(C(=O)OC(C)C(=O)NC(C(=O)OC(C(=O)NC(C(=O)OC(C)(C)C)C(C)C)C(C)CC)C(C)C)C(C)C. The second-order valence-electron chi connectivity index (χ2n) is 19.5. The highest BCUT2D eigenvalue weighted by Gasteiger charge is 2.40. The number of benzene rings is 1. The minimum atomic E-state index is -1.46. The molecule has 17 nitrogen and oxygen atoms in total. The van der Waals surface area contributed by atoms with Gasteiger partial charge in [-0.2, -0.15) is 0 Å². The van der Waals surface area contributed by atoms with Gasteiger partial charge in [0.1, 0.15) is 35.9 Å². The summed E-state index contributed by atoms with van der Waals surface area (Å²) < 4.78 is 28.3. The highest BCUT2D eigenvalue weighted by Crippen LogP contribution is 2.20. The molecule has 17 heteroatoms. The lowest BCUT2D eigenvalue weighted by Gasteiger charge is -2.31. The first-order chi connectivity index (χ1) is 30.6. The van der Waals surface area contributed by atoms with Crippen molar-refractivity contribution in [3.05, 3.63) is 35.9 Å². The zero-order valence-corrected chi connectivity index (χ0v) is 42.4. The van der Waals surface area contributed by atoms with Crippen LogP contribution in [0.4, 0.5) is 0 Å². The van der Waals surface area contributed by atoms with E-state index in [1.165, 1.54) is 6.92 Å². The summed E-state index contributed by atoms with van der Waals surface area (Å²) in [6, 6.07) is 4.57. The third-order valence-corrected chi connectivity index (χ3v) is 11.0. The number of hydrogen-bond acceptors (Lipinski definition) is 13. The molecule has 0 aliphatic heterocycles. The Bertz CT molecular complexity index is 1760. The number of carbonyl (C=O) groups excluding carboxylic acids is 8. The van der Waals surface area contributed by atoms with Crippen LogP contribution in [-0.4, -0.2) is 102 Å². The standard InChI is InChI=1S/C49H80N4O13/c1-18-30(11)39(64-46(59)36(27(5)6)50-41(54)32(13)62-25-34-23-21-20-22-24-34)43(56)52-35(26(3)4)45(58)63-33(14)42(55)51-37(28(7)8)47(60)65-40(31(12)19-2)44(57)53-38(29(9)10)48(61)66-49(15,16)17/h20-24,26-33,35-40H,18-19,25H2,1-17H3,(H,50,54)(H,51,55)(H,52,56)(H,53,57). The summed E-state index contributed by atoms with van der Waals surface area (Å²) in [6.07, 6.45) is -4.21. The number of nitrogens with one attached hydrogen (secondary N) is 4. The Morgan fingerprint density at radius 3 is 1.15 bits per heavy atom. The fourth-order valence-corrected chi connectivity index (χ4v) is 6.22. The molecule has 4 amide bonds. The molecule has 0 fully saturated rings. The van der Waals surface area contributed by atoms with Gasteiger partial charge in [0.2, 0.25) is 5.91 Å². The lowest BCUT2D eigenvalue weighted by molar-refractivity contribution is -0.167. The van der Waals surface area contributed by atoms with Gasteiger partial charge in [-0.25, -0.2) is 19.2 Å². The smallest absolute Gasteiger partial charge is 0.329 e. The normalized spacial score (nSPS) is 16.3. The van der Waals surface area contributed by atoms with Gasteiger partial charge in [-0.1, -0.05) is 113 Å². The fraction of sp³-hybridized carbons (Fsp3) is 0.714. The van der Waals surface area contributed by atoms with Gasteiger partial charge in [-0.15, -0.1) is 0 Å². The van der Waals surface area contributed by atoms with E-state index in [-0.39, 0.29) is 12.5 Å². The van der Waals surface area contributed by atoms with Gasteiger partial charge in [0.15, 0.2) is 18.3 Å². The highest BCUT2D eigenvalue weighted by molar-refractivity contribution is 5.93. The van der Waals surface area contributed by atoms with Crippen LogP contribution in [0.5, 0.6) is 0 Å². The van der Waals surface area contributed by atoms with E-state index in [9.17, 15) is 38.4 Å². The van der Waals surface area contributed by atoms with Crippen molar-refractivity contribution in [1.29, 1.82) is 0 Å². The number of carbonyl (C=O) groups is 8. The van der Waals surface area contributed by atoms with Crippen LogP contribution in [0.3, 0.4) is 0 Å². The lowest BCUT2D eigenvalue weighted by Crippen LogP contribution is -2.55. The van der Waals surface area contributed by atoms with E-state index in [0.717, 1.165) is 5.56 Å². The maximum absolute atomic E-state index is 13.9. The second-order valence-corrected chi connectivity index (χ2v) is 19.5. The Labute approximate surface area is 392 Å². The molecule has 0 aliphatic carbocycles. The van der Waals surface area contributed by atoms with Crippen LogP contribution in [0.15, 0.2) is 30.3 Å². The molecule has 4 N–H and O–H groups in total. The third kappa shape index (κ3) is 19.4. The van der Waals surface area contributed by atoms with Crippen LogP contribution < -0.4 is 21.3 Å². The van der Waals surface area contributed by atoms with Crippen molar-refractivity contribution < 1.29 is 62.0 Å². The monoisotopic (exact) mass is 933 g/mol. The molecule has 0 saturated heterocycles. The van der Waals surface area contributed by atoms with Crippen LogP contribution in [0.25, 0.3) is 0 Å². The summed E-state index contributed by atoms with van der Waals surface area (Å²) in [5.74, 6) is -9.13. The molecule has 0 heterocycles. The number of esters is 4. The number of hydrogen-bond donors (Lipinski definition) is 4. The topological polar surface area (TPSA) is 231 Å². The first-order valence-corrected chi connectivity index (χ1v) is 23.3. The van der Waals surface area contributed by atoms with Crippen molar-refractivity contribution in [1.82, 2.24) is 21.3 Å². The summed E-state index contributed by atoms with van der Waals surface area (Å²) in [5, 5.41) is 10.6.